The zero-order chi connectivity index (χ0) is 17.0. The van der Waals surface area contributed by atoms with Crippen molar-refractivity contribution in [1.29, 1.82) is 0 Å². The van der Waals surface area contributed by atoms with Crippen molar-refractivity contribution in [3.05, 3.63) is 42.1 Å². The topological polar surface area (TPSA) is 93.8 Å². The molecular weight excluding hydrogens is 311 g/mol. The van der Waals surface area contributed by atoms with Gasteiger partial charge < -0.3 is 11.1 Å². The van der Waals surface area contributed by atoms with Crippen LogP contribution in [0.5, 0.6) is 0 Å². The largest absolute Gasteiger partial charge is 0.451 e. The molecule has 1 amide bonds. The van der Waals surface area contributed by atoms with Crippen LogP contribution in [-0.2, 0) is 17.5 Å². The number of hydrogen-bond acceptors (Lipinski definition) is 5. The van der Waals surface area contributed by atoms with Crippen molar-refractivity contribution >= 4 is 5.91 Å². The highest BCUT2D eigenvalue weighted by Crippen LogP contribution is 2.26. The maximum Gasteiger partial charge on any atom is 0.451 e. The summed E-state index contributed by atoms with van der Waals surface area (Å²) < 4.78 is 37.3. The van der Waals surface area contributed by atoms with E-state index in [4.69, 9.17) is 5.73 Å². The van der Waals surface area contributed by atoms with E-state index in [1.807, 2.05) is 0 Å². The van der Waals surface area contributed by atoms with E-state index in [1.54, 1.807) is 19.1 Å². The molecule has 0 aliphatic carbocycles. The zero-order valence-electron chi connectivity index (χ0n) is 12.1. The van der Waals surface area contributed by atoms with Crippen molar-refractivity contribution in [2.45, 2.75) is 25.7 Å². The Kier molecular flexibility index (Phi) is 4.89. The van der Waals surface area contributed by atoms with Crippen LogP contribution in [0.2, 0.25) is 0 Å². The molecule has 2 aromatic rings. The van der Waals surface area contributed by atoms with Crippen LogP contribution in [0.25, 0.3) is 11.3 Å². The number of hydrogen-bond donors (Lipinski definition) is 2. The summed E-state index contributed by atoms with van der Waals surface area (Å²) in [5.41, 5.74) is 6.92. The fourth-order valence-corrected chi connectivity index (χ4v) is 1.70. The molecule has 2 rings (SSSR count). The van der Waals surface area contributed by atoms with Gasteiger partial charge in [0, 0.05) is 30.7 Å². The van der Waals surface area contributed by atoms with Gasteiger partial charge in [-0.1, -0.05) is 0 Å². The Morgan fingerprint density at radius 1 is 1.30 bits per heavy atom. The first kappa shape index (κ1) is 16.8. The molecule has 1 atom stereocenters. The minimum absolute atomic E-state index is 0.234. The molecule has 0 radical (unpaired) electrons. The van der Waals surface area contributed by atoms with Crippen molar-refractivity contribution in [3.8, 4) is 11.3 Å². The summed E-state index contributed by atoms with van der Waals surface area (Å²) in [6, 6.07) is 2.68. The Morgan fingerprint density at radius 3 is 2.52 bits per heavy atom. The Morgan fingerprint density at radius 2 is 1.96 bits per heavy atom. The van der Waals surface area contributed by atoms with Gasteiger partial charge in [-0.3, -0.25) is 9.78 Å². The highest BCUT2D eigenvalue weighted by Gasteiger charge is 2.34. The summed E-state index contributed by atoms with van der Waals surface area (Å²) >= 11 is 0. The van der Waals surface area contributed by atoms with E-state index in [0.29, 0.717) is 11.3 Å². The lowest BCUT2D eigenvalue weighted by atomic mass is 10.1. The van der Waals surface area contributed by atoms with Gasteiger partial charge in [0.1, 0.15) is 0 Å². The summed E-state index contributed by atoms with van der Waals surface area (Å²) in [5, 5.41) is 2.63. The number of nitrogens with one attached hydrogen (secondary N) is 1. The molecule has 0 saturated heterocycles. The van der Waals surface area contributed by atoms with Crippen LogP contribution in [0, 0.1) is 0 Å². The molecule has 6 nitrogen and oxygen atoms in total. The molecule has 0 aliphatic heterocycles. The molecule has 122 valence electrons. The number of nitrogens with two attached hydrogens (primary N) is 1. The Balaban J connectivity index is 2.15. The van der Waals surface area contributed by atoms with Crippen LogP contribution >= 0.6 is 0 Å². The van der Waals surface area contributed by atoms with Crippen LogP contribution in [-0.4, -0.2) is 26.9 Å². The molecule has 0 saturated carbocycles. The van der Waals surface area contributed by atoms with Gasteiger partial charge in [-0.2, -0.15) is 13.2 Å². The van der Waals surface area contributed by atoms with Crippen molar-refractivity contribution in [3.63, 3.8) is 0 Å². The summed E-state index contributed by atoms with van der Waals surface area (Å²) in [6.07, 6.45) is -0.984. The van der Waals surface area contributed by atoms with Gasteiger partial charge in [0.05, 0.1) is 11.7 Å². The van der Waals surface area contributed by atoms with Gasteiger partial charge in [-0.05, 0) is 24.6 Å². The number of alkyl halides is 3. The van der Waals surface area contributed by atoms with Gasteiger partial charge in [0.2, 0.25) is 11.7 Å². The average molecular weight is 325 g/mol. The number of amides is 1. The Labute approximate surface area is 130 Å². The van der Waals surface area contributed by atoms with Gasteiger partial charge in [-0.15, -0.1) is 0 Å². The van der Waals surface area contributed by atoms with E-state index in [2.05, 4.69) is 20.3 Å². The lowest BCUT2D eigenvalue weighted by Gasteiger charge is -2.09. The predicted octanol–water partition coefficient (Wildman–Crippen LogP) is 1.52. The first-order chi connectivity index (χ1) is 10.8. The highest BCUT2D eigenvalue weighted by atomic mass is 19.4. The second-order valence-corrected chi connectivity index (χ2v) is 4.85. The maximum atomic E-state index is 12.4. The molecule has 1 unspecified atom stereocenters. The average Bonchev–Trinajstić information content (AvgIpc) is 2.52. The monoisotopic (exact) mass is 325 g/mol. The van der Waals surface area contributed by atoms with Crippen LogP contribution in [0.15, 0.2) is 30.7 Å². The molecule has 0 aromatic carbocycles. The van der Waals surface area contributed by atoms with E-state index in [0.717, 1.165) is 18.0 Å². The highest BCUT2D eigenvalue weighted by molar-refractivity contribution is 5.80. The second kappa shape index (κ2) is 6.69. The standard InChI is InChI=1S/C14H14F3N5O/c1-8(18)12(23)20-5-9-2-3-19-11(4-9)10-6-21-13(22-7-10)14(15,16)17/h2-4,6-8H,5,18H2,1H3,(H,20,23). The predicted molar refractivity (Wildman–Crippen MR) is 75.8 cm³/mol. The van der Waals surface area contributed by atoms with Crippen LogP contribution in [0.3, 0.4) is 0 Å². The van der Waals surface area contributed by atoms with Gasteiger partial charge >= 0.3 is 6.18 Å². The molecule has 23 heavy (non-hydrogen) atoms. The number of carbonyl (C=O) groups excluding carboxylic acids is 1. The molecule has 0 aliphatic rings. The van der Waals surface area contributed by atoms with E-state index < -0.39 is 18.0 Å². The van der Waals surface area contributed by atoms with E-state index in [-0.39, 0.29) is 12.5 Å². The first-order valence-corrected chi connectivity index (χ1v) is 6.65. The molecule has 3 N–H and O–H groups in total. The summed E-state index contributed by atoms with van der Waals surface area (Å²) in [7, 11) is 0. The molecule has 0 bridgehead atoms. The number of rotatable bonds is 4. The third-order valence-electron chi connectivity index (χ3n) is 2.91. The second-order valence-electron chi connectivity index (χ2n) is 4.85. The number of aromatic nitrogens is 3. The molecule has 0 fully saturated rings. The number of halogens is 3. The van der Waals surface area contributed by atoms with Crippen molar-refractivity contribution < 1.29 is 18.0 Å². The molecular formula is C14H14F3N5O. The van der Waals surface area contributed by atoms with Crippen LogP contribution in [0.4, 0.5) is 13.2 Å². The first-order valence-electron chi connectivity index (χ1n) is 6.65. The van der Waals surface area contributed by atoms with Crippen molar-refractivity contribution in [2.75, 3.05) is 0 Å². The summed E-state index contributed by atoms with van der Waals surface area (Å²) in [4.78, 5) is 22.1. The summed E-state index contributed by atoms with van der Waals surface area (Å²) in [6.45, 7) is 1.80. The molecule has 0 spiro atoms. The SMILES string of the molecule is CC(N)C(=O)NCc1ccnc(-c2cnc(C(F)(F)F)nc2)c1. The fraction of sp³-hybridized carbons (Fsp3) is 0.286. The normalized spacial score (nSPS) is 12.7. The van der Waals surface area contributed by atoms with E-state index in [9.17, 15) is 18.0 Å². The van der Waals surface area contributed by atoms with Gasteiger partial charge in [-0.25, -0.2) is 9.97 Å². The minimum Gasteiger partial charge on any atom is -0.351 e. The lowest BCUT2D eigenvalue weighted by Crippen LogP contribution is -2.37. The molecule has 2 aromatic heterocycles. The van der Waals surface area contributed by atoms with E-state index in [1.165, 1.54) is 6.20 Å². The third kappa shape index (κ3) is 4.46. The van der Waals surface area contributed by atoms with Crippen molar-refractivity contribution in [1.82, 2.24) is 20.3 Å². The lowest BCUT2D eigenvalue weighted by molar-refractivity contribution is -0.145. The zero-order valence-corrected chi connectivity index (χ0v) is 12.1. The van der Waals surface area contributed by atoms with Crippen LogP contribution < -0.4 is 11.1 Å². The van der Waals surface area contributed by atoms with Gasteiger partial charge in [0.25, 0.3) is 0 Å². The van der Waals surface area contributed by atoms with Crippen LogP contribution in [0.1, 0.15) is 18.3 Å². The maximum absolute atomic E-state index is 12.4. The Bertz CT molecular complexity index is 686. The molecule has 9 heteroatoms. The Hall–Kier alpha value is -2.55. The number of carbonyl (C=O) groups is 1. The number of nitrogens with zero attached hydrogens (tertiary/aromatic N) is 3. The van der Waals surface area contributed by atoms with Gasteiger partial charge in [0.15, 0.2) is 0 Å². The third-order valence-corrected chi connectivity index (χ3v) is 2.91. The number of pyridine rings is 1. The minimum atomic E-state index is -4.59. The summed E-state index contributed by atoms with van der Waals surface area (Å²) in [5.74, 6) is -1.51. The molecule has 2 heterocycles. The smallest absolute Gasteiger partial charge is 0.351 e. The van der Waals surface area contributed by atoms with Crippen molar-refractivity contribution in [2.24, 2.45) is 5.73 Å². The fourth-order valence-electron chi connectivity index (χ4n) is 1.70. The van der Waals surface area contributed by atoms with E-state index >= 15 is 0 Å². The quantitative estimate of drug-likeness (QED) is 0.889.